The van der Waals surface area contributed by atoms with Crippen LogP contribution in [0.3, 0.4) is 0 Å². The third-order valence-corrected chi connectivity index (χ3v) is 2.04. The summed E-state index contributed by atoms with van der Waals surface area (Å²) in [5.74, 6) is -0.393. The van der Waals surface area contributed by atoms with Crippen molar-refractivity contribution in [3.8, 4) is 0 Å². The molecule has 6 nitrogen and oxygen atoms in total. The Bertz CT molecular complexity index is 280. The maximum absolute atomic E-state index is 11.7. The quantitative estimate of drug-likeness (QED) is 0.581. The van der Waals surface area contributed by atoms with Crippen molar-refractivity contribution in [1.29, 1.82) is 0 Å². The average Bonchev–Trinajstić information content (AvgIpc) is 2.22. The first-order chi connectivity index (χ1) is 8.26. The molecule has 2 amide bonds. The van der Waals surface area contributed by atoms with Crippen LogP contribution in [0.2, 0.25) is 0 Å². The van der Waals surface area contributed by atoms with Crippen molar-refractivity contribution in [1.82, 2.24) is 16.0 Å². The van der Waals surface area contributed by atoms with Gasteiger partial charge in [0.25, 0.3) is 0 Å². The van der Waals surface area contributed by atoms with Crippen molar-refractivity contribution < 1.29 is 14.3 Å². The molecule has 0 bridgehead atoms. The van der Waals surface area contributed by atoms with Gasteiger partial charge in [-0.05, 0) is 27.7 Å². The number of hydrogen-bond donors (Lipinski definition) is 3. The van der Waals surface area contributed by atoms with Crippen LogP contribution in [0.15, 0.2) is 0 Å². The van der Waals surface area contributed by atoms with E-state index in [0.29, 0.717) is 13.2 Å². The highest BCUT2D eigenvalue weighted by atomic mass is 35.5. The lowest BCUT2D eigenvalue weighted by Gasteiger charge is -2.23. The van der Waals surface area contributed by atoms with E-state index < -0.39 is 6.04 Å². The van der Waals surface area contributed by atoms with Crippen molar-refractivity contribution in [3.05, 3.63) is 0 Å². The van der Waals surface area contributed by atoms with E-state index in [9.17, 15) is 9.59 Å². The van der Waals surface area contributed by atoms with E-state index in [1.54, 1.807) is 14.0 Å². The highest BCUT2D eigenvalue weighted by Crippen LogP contribution is 1.99. The van der Waals surface area contributed by atoms with Gasteiger partial charge in [0.05, 0.1) is 13.2 Å². The van der Waals surface area contributed by atoms with Gasteiger partial charge in [-0.1, -0.05) is 0 Å². The Hall–Kier alpha value is -0.850. The van der Waals surface area contributed by atoms with Crippen molar-refractivity contribution in [2.45, 2.75) is 39.3 Å². The molecule has 0 spiro atoms. The summed E-state index contributed by atoms with van der Waals surface area (Å²) >= 11 is 0. The molecule has 19 heavy (non-hydrogen) atoms. The molecule has 0 aliphatic heterocycles. The predicted octanol–water partition coefficient (Wildman–Crippen LogP) is 0.0636. The fraction of sp³-hybridized carbons (Fsp3) is 0.833. The largest absolute Gasteiger partial charge is 0.383 e. The van der Waals surface area contributed by atoms with E-state index in [-0.39, 0.29) is 36.3 Å². The molecule has 0 fully saturated rings. The summed E-state index contributed by atoms with van der Waals surface area (Å²) in [6, 6.07) is -0.541. The van der Waals surface area contributed by atoms with Crippen LogP contribution >= 0.6 is 12.4 Å². The molecule has 0 rings (SSSR count). The fourth-order valence-electron chi connectivity index (χ4n) is 1.21. The molecule has 0 radical (unpaired) electrons. The first-order valence-corrected chi connectivity index (χ1v) is 6.07. The van der Waals surface area contributed by atoms with Crippen LogP contribution in [-0.4, -0.2) is 50.2 Å². The highest BCUT2D eigenvalue weighted by molar-refractivity contribution is 5.88. The number of nitrogens with one attached hydrogen (secondary N) is 3. The summed E-state index contributed by atoms with van der Waals surface area (Å²) < 4.78 is 4.84. The lowest BCUT2D eigenvalue weighted by atomic mass is 10.1. The van der Waals surface area contributed by atoms with E-state index in [0.717, 1.165) is 0 Å². The SMILES string of the molecule is COCCNCC(=O)NC(C)C(=O)NC(C)(C)C.Cl. The van der Waals surface area contributed by atoms with Gasteiger partial charge in [-0.2, -0.15) is 0 Å². The predicted molar refractivity (Wildman–Crippen MR) is 77.5 cm³/mol. The van der Waals surface area contributed by atoms with Crippen LogP contribution in [-0.2, 0) is 14.3 Å². The van der Waals surface area contributed by atoms with Crippen LogP contribution in [0.1, 0.15) is 27.7 Å². The third-order valence-electron chi connectivity index (χ3n) is 2.04. The van der Waals surface area contributed by atoms with Crippen molar-refractivity contribution >= 4 is 24.2 Å². The first kappa shape index (κ1) is 20.5. The van der Waals surface area contributed by atoms with Crippen LogP contribution in [0.5, 0.6) is 0 Å². The minimum absolute atomic E-state index is 0. The summed E-state index contributed by atoms with van der Waals surface area (Å²) in [6.45, 7) is 8.67. The van der Waals surface area contributed by atoms with Crippen LogP contribution in [0, 0.1) is 0 Å². The van der Waals surface area contributed by atoms with E-state index in [4.69, 9.17) is 4.74 Å². The smallest absolute Gasteiger partial charge is 0.242 e. The molecule has 114 valence electrons. The Kier molecular flexibility index (Phi) is 10.8. The topological polar surface area (TPSA) is 79.5 Å². The molecule has 0 aliphatic carbocycles. The van der Waals surface area contributed by atoms with Gasteiger partial charge >= 0.3 is 0 Å². The molecule has 3 N–H and O–H groups in total. The number of amides is 2. The van der Waals surface area contributed by atoms with Crippen LogP contribution in [0.25, 0.3) is 0 Å². The molecule has 0 aromatic rings. The van der Waals surface area contributed by atoms with Crippen LogP contribution < -0.4 is 16.0 Å². The molecule has 0 aromatic heterocycles. The standard InChI is InChI=1S/C12H25N3O3.ClH/c1-9(11(17)15-12(2,3)4)14-10(16)8-13-6-7-18-5;/h9,13H,6-8H2,1-5H3,(H,14,16)(H,15,17);1H. The van der Waals surface area contributed by atoms with E-state index >= 15 is 0 Å². The zero-order valence-corrected chi connectivity index (χ0v) is 13.1. The summed E-state index contributed by atoms with van der Waals surface area (Å²) in [7, 11) is 1.60. The molecule has 1 unspecified atom stereocenters. The summed E-state index contributed by atoms with van der Waals surface area (Å²) in [4.78, 5) is 23.2. The van der Waals surface area contributed by atoms with Gasteiger partial charge in [-0.15, -0.1) is 12.4 Å². The Morgan fingerprint density at radius 2 is 1.84 bits per heavy atom. The van der Waals surface area contributed by atoms with E-state index in [1.807, 2.05) is 20.8 Å². The Labute approximate surface area is 121 Å². The van der Waals surface area contributed by atoms with Gasteiger partial charge in [0, 0.05) is 19.2 Å². The number of halogens is 1. The number of methoxy groups -OCH3 is 1. The molecule has 0 heterocycles. The second-order valence-corrected chi connectivity index (χ2v) is 5.20. The van der Waals surface area contributed by atoms with E-state index in [1.165, 1.54) is 0 Å². The minimum atomic E-state index is -0.541. The number of carbonyl (C=O) groups is 2. The lowest BCUT2D eigenvalue weighted by Crippen LogP contribution is -2.52. The fourth-order valence-corrected chi connectivity index (χ4v) is 1.21. The number of hydrogen-bond acceptors (Lipinski definition) is 4. The van der Waals surface area contributed by atoms with Gasteiger partial charge in [0.2, 0.25) is 11.8 Å². The Morgan fingerprint density at radius 3 is 2.32 bits per heavy atom. The van der Waals surface area contributed by atoms with Crippen molar-refractivity contribution in [2.75, 3.05) is 26.8 Å². The first-order valence-electron chi connectivity index (χ1n) is 6.07. The highest BCUT2D eigenvalue weighted by Gasteiger charge is 2.20. The molecule has 1 atom stereocenters. The average molecular weight is 296 g/mol. The maximum Gasteiger partial charge on any atom is 0.242 e. The molecule has 0 aromatic carbocycles. The van der Waals surface area contributed by atoms with Gasteiger partial charge in [0.1, 0.15) is 6.04 Å². The second-order valence-electron chi connectivity index (χ2n) is 5.20. The van der Waals surface area contributed by atoms with E-state index in [2.05, 4.69) is 16.0 Å². The third kappa shape index (κ3) is 11.9. The summed E-state index contributed by atoms with van der Waals surface area (Å²) in [5.41, 5.74) is -0.299. The maximum atomic E-state index is 11.7. The van der Waals surface area contributed by atoms with Gasteiger partial charge in [0.15, 0.2) is 0 Å². The van der Waals surface area contributed by atoms with Crippen molar-refractivity contribution in [2.24, 2.45) is 0 Å². The molecule has 0 saturated heterocycles. The number of ether oxygens (including phenoxy) is 1. The number of rotatable bonds is 7. The van der Waals surface area contributed by atoms with Crippen molar-refractivity contribution in [3.63, 3.8) is 0 Å². The van der Waals surface area contributed by atoms with Gasteiger partial charge < -0.3 is 20.7 Å². The Balaban J connectivity index is 0. The molecular formula is C12H26ClN3O3. The zero-order chi connectivity index (χ0) is 14.2. The summed E-state index contributed by atoms with van der Waals surface area (Å²) in [6.07, 6.45) is 0. The normalized spacial score (nSPS) is 12.3. The Morgan fingerprint density at radius 1 is 1.26 bits per heavy atom. The molecular weight excluding hydrogens is 270 g/mol. The van der Waals surface area contributed by atoms with Crippen LogP contribution in [0.4, 0.5) is 0 Å². The lowest BCUT2D eigenvalue weighted by molar-refractivity contribution is -0.129. The zero-order valence-electron chi connectivity index (χ0n) is 12.3. The molecule has 0 saturated carbocycles. The minimum Gasteiger partial charge on any atom is -0.383 e. The van der Waals surface area contributed by atoms with Gasteiger partial charge in [-0.3, -0.25) is 9.59 Å². The second kappa shape index (κ2) is 10.00. The molecule has 0 aliphatic rings. The van der Waals surface area contributed by atoms with Gasteiger partial charge in [-0.25, -0.2) is 0 Å². The molecule has 7 heteroatoms. The summed E-state index contributed by atoms with van der Waals surface area (Å²) in [5, 5.41) is 8.34. The monoisotopic (exact) mass is 295 g/mol. The number of carbonyl (C=O) groups excluding carboxylic acids is 2.